The van der Waals surface area contributed by atoms with E-state index in [4.69, 9.17) is 5.73 Å². The molecule has 19 heavy (non-hydrogen) atoms. The van der Waals surface area contributed by atoms with E-state index in [1.54, 1.807) is 18.2 Å². The van der Waals surface area contributed by atoms with Crippen molar-refractivity contribution in [3.8, 4) is 5.88 Å². The predicted octanol–water partition coefficient (Wildman–Crippen LogP) is 1.22. The van der Waals surface area contributed by atoms with E-state index < -0.39 is 11.5 Å². The van der Waals surface area contributed by atoms with Gasteiger partial charge in [0.05, 0.1) is 16.9 Å². The fourth-order valence-electron chi connectivity index (χ4n) is 1.65. The van der Waals surface area contributed by atoms with Crippen molar-refractivity contribution in [1.82, 2.24) is 4.98 Å². The van der Waals surface area contributed by atoms with Crippen LogP contribution < -0.4 is 16.6 Å². The van der Waals surface area contributed by atoms with Crippen LogP contribution in [0.15, 0.2) is 35.1 Å². The molecule has 6 nitrogen and oxygen atoms in total. The van der Waals surface area contributed by atoms with Gasteiger partial charge in [-0.3, -0.25) is 14.6 Å². The maximum atomic E-state index is 11.9. The van der Waals surface area contributed by atoms with Crippen LogP contribution in [0.1, 0.15) is 15.9 Å². The minimum absolute atomic E-state index is 0.0567. The summed E-state index contributed by atoms with van der Waals surface area (Å²) in [5.74, 6) is -0.883. The van der Waals surface area contributed by atoms with Gasteiger partial charge in [-0.1, -0.05) is 6.07 Å². The topological polar surface area (TPSA) is 108 Å². The highest BCUT2D eigenvalue weighted by molar-refractivity contribution is 6.05. The number of nitrogens with two attached hydrogens (primary N) is 1. The number of hydrogen-bond acceptors (Lipinski definition) is 4. The molecule has 0 saturated heterocycles. The van der Waals surface area contributed by atoms with Crippen molar-refractivity contribution >= 4 is 17.3 Å². The number of amides is 1. The molecule has 98 valence electrons. The summed E-state index contributed by atoms with van der Waals surface area (Å²) in [5, 5.41) is 11.8. The van der Waals surface area contributed by atoms with Gasteiger partial charge in [-0.05, 0) is 24.6 Å². The standard InChI is InChI=1S/C13H13N3O3/c1-7-2-3-10(9(14)4-7)15-13(19)8-5-11(17)16-12(18)6-8/h2-6H,14H2,1H3,(H,15,19)(H2,16,17,18). The number of aromatic nitrogens is 1. The number of hydrogen-bond donors (Lipinski definition) is 4. The van der Waals surface area contributed by atoms with Crippen LogP contribution >= 0.6 is 0 Å². The SMILES string of the molecule is Cc1ccc(NC(=O)c2cc(O)[nH]c(=O)c2)c(N)c1. The Bertz CT molecular complexity index is 692. The smallest absolute Gasteiger partial charge is 0.256 e. The van der Waals surface area contributed by atoms with E-state index in [1.165, 1.54) is 6.07 Å². The Morgan fingerprint density at radius 2 is 2.05 bits per heavy atom. The number of aryl methyl sites for hydroxylation is 1. The largest absolute Gasteiger partial charge is 0.494 e. The molecule has 0 aliphatic heterocycles. The molecule has 0 bridgehead atoms. The summed E-state index contributed by atoms with van der Waals surface area (Å²) >= 11 is 0. The molecule has 0 fully saturated rings. The second-order valence-electron chi connectivity index (χ2n) is 4.16. The summed E-state index contributed by atoms with van der Waals surface area (Å²) in [6.45, 7) is 1.89. The molecule has 0 aliphatic rings. The van der Waals surface area contributed by atoms with Crippen LogP contribution in [0.25, 0.3) is 0 Å². The first-order valence-corrected chi connectivity index (χ1v) is 5.56. The van der Waals surface area contributed by atoms with Gasteiger partial charge >= 0.3 is 0 Å². The minimum Gasteiger partial charge on any atom is -0.494 e. The average Bonchev–Trinajstić information content (AvgIpc) is 2.31. The Kier molecular flexibility index (Phi) is 3.24. The van der Waals surface area contributed by atoms with Gasteiger partial charge in [-0.25, -0.2) is 0 Å². The second kappa shape index (κ2) is 4.85. The van der Waals surface area contributed by atoms with Gasteiger partial charge in [0.15, 0.2) is 5.88 Å². The fraction of sp³-hybridized carbons (Fsp3) is 0.0769. The summed E-state index contributed by atoms with van der Waals surface area (Å²) in [7, 11) is 0. The number of rotatable bonds is 2. The summed E-state index contributed by atoms with van der Waals surface area (Å²) in [4.78, 5) is 25.2. The van der Waals surface area contributed by atoms with Gasteiger partial charge < -0.3 is 16.2 Å². The van der Waals surface area contributed by atoms with Crippen LogP contribution in [-0.4, -0.2) is 16.0 Å². The van der Waals surface area contributed by atoms with Crippen LogP contribution in [0, 0.1) is 6.92 Å². The average molecular weight is 259 g/mol. The van der Waals surface area contributed by atoms with Crippen LogP contribution in [0.3, 0.4) is 0 Å². The third-order valence-corrected chi connectivity index (χ3v) is 2.55. The lowest BCUT2D eigenvalue weighted by Crippen LogP contribution is -2.16. The number of aromatic amines is 1. The number of aromatic hydroxyl groups is 1. The fourth-order valence-corrected chi connectivity index (χ4v) is 1.65. The van der Waals surface area contributed by atoms with E-state index >= 15 is 0 Å². The van der Waals surface area contributed by atoms with Gasteiger partial charge in [0.25, 0.3) is 11.5 Å². The van der Waals surface area contributed by atoms with E-state index in [2.05, 4.69) is 10.3 Å². The lowest BCUT2D eigenvalue weighted by molar-refractivity contribution is 0.102. The molecule has 2 aromatic rings. The summed E-state index contributed by atoms with van der Waals surface area (Å²) in [5.41, 5.74) is 7.14. The molecule has 0 spiro atoms. The number of carbonyl (C=O) groups excluding carboxylic acids is 1. The highest BCUT2D eigenvalue weighted by Gasteiger charge is 2.10. The van der Waals surface area contributed by atoms with Crippen LogP contribution in [0.4, 0.5) is 11.4 Å². The maximum Gasteiger partial charge on any atom is 0.256 e. The third-order valence-electron chi connectivity index (χ3n) is 2.55. The van der Waals surface area contributed by atoms with Crippen LogP contribution in [0.5, 0.6) is 5.88 Å². The normalized spacial score (nSPS) is 10.2. The Balaban J connectivity index is 2.28. The molecule has 1 aromatic carbocycles. The maximum absolute atomic E-state index is 11.9. The van der Waals surface area contributed by atoms with Crippen molar-refractivity contribution in [2.45, 2.75) is 6.92 Å². The molecule has 5 N–H and O–H groups in total. The number of nitrogen functional groups attached to an aromatic ring is 1. The van der Waals surface area contributed by atoms with Crippen LogP contribution in [0.2, 0.25) is 0 Å². The van der Waals surface area contributed by atoms with Gasteiger partial charge in [0, 0.05) is 12.1 Å². The number of nitrogens with one attached hydrogen (secondary N) is 2. The van der Waals surface area contributed by atoms with Crippen molar-refractivity contribution in [1.29, 1.82) is 0 Å². The van der Waals surface area contributed by atoms with Crippen molar-refractivity contribution in [3.63, 3.8) is 0 Å². The van der Waals surface area contributed by atoms with Gasteiger partial charge in [-0.2, -0.15) is 0 Å². The number of anilines is 2. The zero-order valence-corrected chi connectivity index (χ0v) is 10.2. The predicted molar refractivity (Wildman–Crippen MR) is 72.3 cm³/mol. The molecule has 0 saturated carbocycles. The molecule has 1 amide bonds. The molecule has 6 heteroatoms. The monoisotopic (exact) mass is 259 g/mol. The molecule has 1 heterocycles. The quantitative estimate of drug-likeness (QED) is 0.608. The highest BCUT2D eigenvalue weighted by atomic mass is 16.3. The molecule has 0 unspecified atom stereocenters. The first-order valence-electron chi connectivity index (χ1n) is 5.56. The molecule has 0 aliphatic carbocycles. The van der Waals surface area contributed by atoms with Gasteiger partial charge in [0.2, 0.25) is 0 Å². The summed E-state index contributed by atoms with van der Waals surface area (Å²) in [6.07, 6.45) is 0. The minimum atomic E-state index is -0.554. The van der Waals surface area contributed by atoms with E-state index in [1.807, 2.05) is 6.92 Å². The highest BCUT2D eigenvalue weighted by Crippen LogP contribution is 2.20. The third kappa shape index (κ3) is 2.92. The zero-order chi connectivity index (χ0) is 14.0. The lowest BCUT2D eigenvalue weighted by Gasteiger charge is -2.08. The zero-order valence-electron chi connectivity index (χ0n) is 10.2. The number of H-pyrrole nitrogens is 1. The number of pyridine rings is 1. The van der Waals surface area contributed by atoms with Crippen molar-refractivity contribution in [2.75, 3.05) is 11.1 Å². The Morgan fingerprint density at radius 3 is 2.68 bits per heavy atom. The molecular weight excluding hydrogens is 246 g/mol. The first kappa shape index (κ1) is 12.7. The number of carbonyl (C=O) groups is 1. The molecule has 1 aromatic heterocycles. The Hall–Kier alpha value is -2.76. The van der Waals surface area contributed by atoms with E-state index in [0.717, 1.165) is 11.6 Å². The van der Waals surface area contributed by atoms with Crippen molar-refractivity contribution in [3.05, 3.63) is 51.8 Å². The Morgan fingerprint density at radius 1 is 1.32 bits per heavy atom. The van der Waals surface area contributed by atoms with E-state index in [-0.39, 0.29) is 11.4 Å². The van der Waals surface area contributed by atoms with E-state index in [0.29, 0.717) is 11.4 Å². The van der Waals surface area contributed by atoms with Gasteiger partial charge in [-0.15, -0.1) is 0 Å². The van der Waals surface area contributed by atoms with Crippen molar-refractivity contribution in [2.24, 2.45) is 0 Å². The Labute approximate surface area is 108 Å². The summed E-state index contributed by atoms with van der Waals surface area (Å²) in [6, 6.07) is 7.47. The molecular formula is C13H13N3O3. The second-order valence-corrected chi connectivity index (χ2v) is 4.16. The number of benzene rings is 1. The summed E-state index contributed by atoms with van der Waals surface area (Å²) < 4.78 is 0. The van der Waals surface area contributed by atoms with Crippen molar-refractivity contribution < 1.29 is 9.90 Å². The molecule has 0 radical (unpaired) electrons. The first-order chi connectivity index (χ1) is 8.95. The molecule has 0 atom stereocenters. The van der Waals surface area contributed by atoms with Gasteiger partial charge in [0.1, 0.15) is 0 Å². The van der Waals surface area contributed by atoms with Crippen LogP contribution in [-0.2, 0) is 0 Å². The lowest BCUT2D eigenvalue weighted by atomic mass is 10.2. The molecule has 2 rings (SSSR count). The van der Waals surface area contributed by atoms with E-state index in [9.17, 15) is 14.7 Å².